The van der Waals surface area contributed by atoms with Gasteiger partial charge >= 0.3 is 5.97 Å². The first-order chi connectivity index (χ1) is 12.1. The summed E-state index contributed by atoms with van der Waals surface area (Å²) in [5, 5.41) is 18.9. The smallest absolute Gasteiger partial charge is 0.333 e. The second kappa shape index (κ2) is 7.48. The summed E-state index contributed by atoms with van der Waals surface area (Å²) in [6.07, 6.45) is 4.71. The molecule has 0 saturated carbocycles. The predicted octanol–water partition coefficient (Wildman–Crippen LogP) is 2.33. The number of nitrogens with zero attached hydrogens (tertiary/aromatic N) is 3. The van der Waals surface area contributed by atoms with Gasteiger partial charge in [-0.1, -0.05) is 12.1 Å². The third-order valence-corrected chi connectivity index (χ3v) is 3.62. The molecule has 7 nitrogen and oxygen atoms in total. The number of carbonyl (C=O) groups is 1. The van der Waals surface area contributed by atoms with Crippen LogP contribution in [0.25, 0.3) is 11.4 Å². The van der Waals surface area contributed by atoms with Crippen LogP contribution in [-0.4, -0.2) is 30.9 Å². The van der Waals surface area contributed by atoms with Crippen LogP contribution in [0.3, 0.4) is 0 Å². The van der Waals surface area contributed by atoms with E-state index in [4.69, 9.17) is 4.84 Å². The minimum atomic E-state index is -0.551. The Morgan fingerprint density at radius 3 is 2.48 bits per heavy atom. The summed E-state index contributed by atoms with van der Waals surface area (Å²) in [5.41, 5.74) is 2.56. The van der Waals surface area contributed by atoms with Gasteiger partial charge in [0.2, 0.25) is 11.8 Å². The van der Waals surface area contributed by atoms with E-state index in [1.54, 1.807) is 12.4 Å². The fourth-order valence-corrected chi connectivity index (χ4v) is 2.44. The van der Waals surface area contributed by atoms with Crippen LogP contribution in [0.5, 0.6) is 11.8 Å². The Balaban J connectivity index is 1.60. The molecule has 0 aliphatic heterocycles. The van der Waals surface area contributed by atoms with Crippen molar-refractivity contribution < 1.29 is 19.8 Å². The normalized spacial score (nSPS) is 10.6. The lowest BCUT2D eigenvalue weighted by atomic mass is 10.0. The van der Waals surface area contributed by atoms with Crippen LogP contribution in [0.4, 0.5) is 0 Å². The van der Waals surface area contributed by atoms with Crippen molar-refractivity contribution in [2.75, 3.05) is 0 Å². The molecule has 2 N–H and O–H groups in total. The van der Waals surface area contributed by atoms with Crippen molar-refractivity contribution >= 4 is 5.97 Å². The summed E-state index contributed by atoms with van der Waals surface area (Å²) in [5.74, 6) is -1.23. The molecule has 0 bridgehead atoms. The number of hydrogen-bond donors (Lipinski definition) is 2. The van der Waals surface area contributed by atoms with Crippen molar-refractivity contribution in [3.63, 3.8) is 0 Å². The van der Waals surface area contributed by atoms with Gasteiger partial charge in [0.25, 0.3) is 0 Å². The number of aromatic nitrogens is 3. The first kappa shape index (κ1) is 16.5. The third kappa shape index (κ3) is 3.95. The molecule has 25 heavy (non-hydrogen) atoms. The highest BCUT2D eigenvalue weighted by Crippen LogP contribution is 2.21. The van der Waals surface area contributed by atoms with Crippen molar-refractivity contribution in [2.24, 2.45) is 0 Å². The summed E-state index contributed by atoms with van der Waals surface area (Å²) in [6.45, 7) is 0. The van der Waals surface area contributed by atoms with Crippen molar-refractivity contribution in [2.45, 2.75) is 19.3 Å². The van der Waals surface area contributed by atoms with Gasteiger partial charge in [0.05, 0.1) is 11.4 Å². The minimum Gasteiger partial charge on any atom is -0.492 e. The number of aryl methyl sites for hydroxylation is 1. The highest BCUT2D eigenvalue weighted by molar-refractivity contribution is 5.70. The van der Waals surface area contributed by atoms with E-state index < -0.39 is 5.97 Å². The number of carbonyl (C=O) groups excluding carboxylic acids is 1. The summed E-state index contributed by atoms with van der Waals surface area (Å²) < 4.78 is 0.686. The highest BCUT2D eigenvalue weighted by atomic mass is 16.7. The summed E-state index contributed by atoms with van der Waals surface area (Å²) in [4.78, 5) is 25.5. The summed E-state index contributed by atoms with van der Waals surface area (Å²) >= 11 is 0. The number of aromatic hydroxyl groups is 2. The lowest BCUT2D eigenvalue weighted by Crippen LogP contribution is -2.18. The second-order valence-electron chi connectivity index (χ2n) is 5.39. The van der Waals surface area contributed by atoms with Gasteiger partial charge in [-0.15, -0.1) is 4.73 Å². The average Bonchev–Trinajstić information content (AvgIpc) is 2.95. The first-order valence-electron chi connectivity index (χ1n) is 7.81. The van der Waals surface area contributed by atoms with Crippen LogP contribution in [0.1, 0.15) is 18.4 Å². The van der Waals surface area contributed by atoms with Crippen molar-refractivity contribution in [3.8, 4) is 23.1 Å². The van der Waals surface area contributed by atoms with Crippen LogP contribution < -0.4 is 4.84 Å². The molecule has 0 unspecified atom stereocenters. The van der Waals surface area contributed by atoms with Gasteiger partial charge in [0, 0.05) is 30.9 Å². The minimum absolute atomic E-state index is 0.133. The van der Waals surface area contributed by atoms with Crippen LogP contribution in [-0.2, 0) is 11.2 Å². The van der Waals surface area contributed by atoms with Crippen LogP contribution >= 0.6 is 0 Å². The Kier molecular flexibility index (Phi) is 4.94. The lowest BCUT2D eigenvalue weighted by molar-refractivity contribution is -0.145. The Hall–Kier alpha value is -3.35. The van der Waals surface area contributed by atoms with Gasteiger partial charge in [0.15, 0.2) is 0 Å². The van der Waals surface area contributed by atoms with E-state index in [1.807, 2.05) is 30.3 Å². The van der Waals surface area contributed by atoms with Crippen molar-refractivity contribution in [1.82, 2.24) is 14.7 Å². The largest absolute Gasteiger partial charge is 0.492 e. The van der Waals surface area contributed by atoms with Gasteiger partial charge in [-0.3, -0.25) is 9.97 Å². The maximum atomic E-state index is 11.9. The number of pyridine rings is 2. The predicted molar refractivity (Wildman–Crippen MR) is 89.8 cm³/mol. The molecule has 0 atom stereocenters. The van der Waals surface area contributed by atoms with Crippen LogP contribution in [0.2, 0.25) is 0 Å². The fraction of sp³-hybridized carbons (Fsp3) is 0.167. The molecule has 0 spiro atoms. The maximum Gasteiger partial charge on any atom is 0.333 e. The second-order valence-corrected chi connectivity index (χ2v) is 5.39. The van der Waals surface area contributed by atoms with E-state index in [0.717, 1.165) is 17.0 Å². The zero-order chi connectivity index (χ0) is 17.6. The molecule has 7 heteroatoms. The average molecular weight is 339 g/mol. The summed E-state index contributed by atoms with van der Waals surface area (Å²) in [6, 6.07) is 11.9. The van der Waals surface area contributed by atoms with Crippen LogP contribution in [0, 0.1) is 0 Å². The zero-order valence-corrected chi connectivity index (χ0v) is 13.4. The van der Waals surface area contributed by atoms with Gasteiger partial charge in [-0.2, -0.15) is 0 Å². The molecular weight excluding hydrogens is 322 g/mol. The molecule has 3 heterocycles. The standard InChI is InChI=1S/C18H17N3O4/c22-15-9-10-16(23)21(15)25-17(24)8-3-5-13-6-4-12-20-18(13)14-7-1-2-11-19-14/h1-2,4,6-7,9-12,22-23H,3,5,8H2. The number of hydrogen-bond acceptors (Lipinski definition) is 6. The van der Waals surface area contributed by atoms with Gasteiger partial charge in [-0.25, -0.2) is 4.79 Å². The first-order valence-corrected chi connectivity index (χ1v) is 7.81. The SMILES string of the molecule is O=C(CCCc1cccnc1-c1ccccn1)On1c(O)ccc1O. The van der Waals surface area contributed by atoms with E-state index >= 15 is 0 Å². The maximum absolute atomic E-state index is 11.9. The molecule has 0 amide bonds. The van der Waals surface area contributed by atoms with E-state index in [0.29, 0.717) is 17.6 Å². The molecule has 0 aromatic carbocycles. The molecule has 3 rings (SSSR count). The highest BCUT2D eigenvalue weighted by Gasteiger charge is 2.13. The van der Waals surface area contributed by atoms with Gasteiger partial charge in [-0.05, 0) is 36.6 Å². The van der Waals surface area contributed by atoms with Crippen LogP contribution in [0.15, 0.2) is 54.9 Å². The molecular formula is C18H17N3O4. The molecule has 0 radical (unpaired) electrons. The quantitative estimate of drug-likeness (QED) is 0.715. The topological polar surface area (TPSA) is 97.5 Å². The molecule has 3 aromatic heterocycles. The Morgan fingerprint density at radius 1 is 1.00 bits per heavy atom. The molecule has 0 aliphatic carbocycles. The van der Waals surface area contributed by atoms with E-state index in [2.05, 4.69) is 9.97 Å². The molecule has 128 valence electrons. The molecule has 0 saturated heterocycles. The Morgan fingerprint density at radius 2 is 1.76 bits per heavy atom. The van der Waals surface area contributed by atoms with E-state index in [1.165, 1.54) is 12.1 Å². The van der Waals surface area contributed by atoms with Crippen molar-refractivity contribution in [1.29, 1.82) is 0 Å². The fourth-order valence-electron chi connectivity index (χ4n) is 2.44. The molecule has 0 aliphatic rings. The van der Waals surface area contributed by atoms with E-state index in [-0.39, 0.29) is 18.2 Å². The molecule has 0 fully saturated rings. The molecule has 3 aromatic rings. The summed E-state index contributed by atoms with van der Waals surface area (Å²) in [7, 11) is 0. The Bertz CT molecular complexity index is 842. The lowest BCUT2D eigenvalue weighted by Gasteiger charge is -2.09. The van der Waals surface area contributed by atoms with Gasteiger partial charge < -0.3 is 15.1 Å². The Labute approximate surface area is 144 Å². The van der Waals surface area contributed by atoms with E-state index in [9.17, 15) is 15.0 Å². The monoisotopic (exact) mass is 339 g/mol. The van der Waals surface area contributed by atoms with Crippen molar-refractivity contribution in [3.05, 3.63) is 60.4 Å². The third-order valence-electron chi connectivity index (χ3n) is 3.62. The number of rotatable bonds is 6. The zero-order valence-electron chi connectivity index (χ0n) is 13.4. The van der Waals surface area contributed by atoms with Gasteiger partial charge in [0.1, 0.15) is 0 Å².